The molecule has 0 aliphatic heterocycles. The van der Waals surface area contributed by atoms with Crippen LogP contribution < -0.4 is 10.1 Å². The van der Waals surface area contributed by atoms with Crippen LogP contribution in [0.15, 0.2) is 48.5 Å². The lowest BCUT2D eigenvalue weighted by Crippen LogP contribution is -2.15. The highest BCUT2D eigenvalue weighted by Crippen LogP contribution is 2.15. The first kappa shape index (κ1) is 15.5. The SMILES string of the molecule is Cc1ccccc1COc1ccc(CNCCCO)cc1. The molecule has 0 fully saturated rings. The second kappa shape index (κ2) is 8.45. The molecule has 0 heterocycles. The van der Waals surface area contributed by atoms with Crippen LogP contribution in [0.5, 0.6) is 5.75 Å². The minimum atomic E-state index is 0.235. The van der Waals surface area contributed by atoms with Crippen LogP contribution in [0.1, 0.15) is 23.1 Å². The van der Waals surface area contributed by atoms with Gasteiger partial charge in [-0.2, -0.15) is 0 Å². The Labute approximate surface area is 126 Å². The van der Waals surface area contributed by atoms with E-state index in [1.165, 1.54) is 16.7 Å². The van der Waals surface area contributed by atoms with Crippen LogP contribution >= 0.6 is 0 Å². The minimum absolute atomic E-state index is 0.235. The largest absolute Gasteiger partial charge is 0.489 e. The molecule has 0 spiro atoms. The molecule has 0 aliphatic rings. The topological polar surface area (TPSA) is 41.5 Å². The van der Waals surface area contributed by atoms with Gasteiger partial charge in [-0.05, 0) is 48.7 Å². The van der Waals surface area contributed by atoms with Crippen molar-refractivity contribution in [2.45, 2.75) is 26.5 Å². The van der Waals surface area contributed by atoms with E-state index in [4.69, 9.17) is 9.84 Å². The van der Waals surface area contributed by atoms with Crippen molar-refractivity contribution in [3.05, 3.63) is 65.2 Å². The molecule has 0 bridgehead atoms. The molecule has 0 atom stereocenters. The summed E-state index contributed by atoms with van der Waals surface area (Å²) in [5.74, 6) is 0.886. The monoisotopic (exact) mass is 285 g/mol. The van der Waals surface area contributed by atoms with Gasteiger partial charge in [0, 0.05) is 13.2 Å². The smallest absolute Gasteiger partial charge is 0.119 e. The number of ether oxygens (including phenoxy) is 1. The summed E-state index contributed by atoms with van der Waals surface area (Å²) in [6.45, 7) is 4.58. The molecule has 0 amide bonds. The third kappa shape index (κ3) is 5.21. The summed E-state index contributed by atoms with van der Waals surface area (Å²) >= 11 is 0. The molecule has 2 aromatic rings. The molecule has 3 heteroatoms. The van der Waals surface area contributed by atoms with Crippen molar-refractivity contribution in [3.63, 3.8) is 0 Å². The van der Waals surface area contributed by atoms with Gasteiger partial charge < -0.3 is 15.2 Å². The highest BCUT2D eigenvalue weighted by atomic mass is 16.5. The number of hydrogen-bond acceptors (Lipinski definition) is 3. The van der Waals surface area contributed by atoms with Gasteiger partial charge >= 0.3 is 0 Å². The van der Waals surface area contributed by atoms with E-state index in [0.29, 0.717) is 6.61 Å². The van der Waals surface area contributed by atoms with Gasteiger partial charge in [0.1, 0.15) is 12.4 Å². The third-order valence-electron chi connectivity index (χ3n) is 3.42. The number of rotatable bonds is 8. The molecule has 3 nitrogen and oxygen atoms in total. The normalized spacial score (nSPS) is 10.6. The zero-order chi connectivity index (χ0) is 14.9. The molecule has 0 radical (unpaired) electrons. The maximum Gasteiger partial charge on any atom is 0.119 e. The maximum atomic E-state index is 8.72. The number of nitrogens with one attached hydrogen (secondary N) is 1. The van der Waals surface area contributed by atoms with Gasteiger partial charge in [-0.3, -0.25) is 0 Å². The number of hydrogen-bond donors (Lipinski definition) is 2. The van der Waals surface area contributed by atoms with Gasteiger partial charge in [0.05, 0.1) is 0 Å². The van der Waals surface area contributed by atoms with Gasteiger partial charge in [-0.1, -0.05) is 36.4 Å². The summed E-state index contributed by atoms with van der Waals surface area (Å²) in [5.41, 5.74) is 3.69. The van der Waals surface area contributed by atoms with Crippen LogP contribution in [-0.2, 0) is 13.2 Å². The highest BCUT2D eigenvalue weighted by Gasteiger charge is 1.99. The first-order valence-corrected chi connectivity index (χ1v) is 7.37. The van der Waals surface area contributed by atoms with Gasteiger partial charge in [0.15, 0.2) is 0 Å². The van der Waals surface area contributed by atoms with Crippen LogP contribution in [0, 0.1) is 6.92 Å². The second-order valence-electron chi connectivity index (χ2n) is 5.11. The predicted octanol–water partition coefficient (Wildman–Crippen LogP) is 3.05. The first-order valence-electron chi connectivity index (χ1n) is 7.37. The number of benzene rings is 2. The summed E-state index contributed by atoms with van der Waals surface area (Å²) in [6.07, 6.45) is 0.789. The van der Waals surface area contributed by atoms with Crippen molar-refractivity contribution in [2.24, 2.45) is 0 Å². The Morgan fingerprint density at radius 2 is 1.81 bits per heavy atom. The van der Waals surface area contributed by atoms with Crippen LogP contribution in [0.4, 0.5) is 0 Å². The van der Waals surface area contributed by atoms with Gasteiger partial charge in [-0.15, -0.1) is 0 Å². The average Bonchev–Trinajstić information content (AvgIpc) is 2.52. The first-order chi connectivity index (χ1) is 10.3. The van der Waals surface area contributed by atoms with Crippen LogP contribution in [-0.4, -0.2) is 18.3 Å². The fraction of sp³-hybridized carbons (Fsp3) is 0.333. The van der Waals surface area contributed by atoms with Crippen LogP contribution in [0.2, 0.25) is 0 Å². The fourth-order valence-electron chi connectivity index (χ4n) is 2.07. The quantitative estimate of drug-likeness (QED) is 0.733. The maximum absolute atomic E-state index is 8.72. The Hall–Kier alpha value is -1.84. The van der Waals surface area contributed by atoms with Gasteiger partial charge in [0.2, 0.25) is 0 Å². The Balaban J connectivity index is 1.81. The summed E-state index contributed by atoms with van der Waals surface area (Å²) in [6, 6.07) is 16.4. The fourth-order valence-corrected chi connectivity index (χ4v) is 2.07. The van der Waals surface area contributed by atoms with E-state index < -0.39 is 0 Å². The summed E-state index contributed by atoms with van der Waals surface area (Å²) < 4.78 is 5.82. The van der Waals surface area contributed by atoms with Crippen molar-refractivity contribution in [2.75, 3.05) is 13.2 Å². The van der Waals surface area contributed by atoms with E-state index in [0.717, 1.165) is 25.3 Å². The molecular formula is C18H23NO2. The van der Waals surface area contributed by atoms with Gasteiger partial charge in [0.25, 0.3) is 0 Å². The van der Waals surface area contributed by atoms with E-state index in [1.54, 1.807) is 0 Å². The molecule has 0 saturated heterocycles. The molecule has 21 heavy (non-hydrogen) atoms. The average molecular weight is 285 g/mol. The van der Waals surface area contributed by atoms with E-state index >= 15 is 0 Å². The van der Waals surface area contributed by atoms with Crippen LogP contribution in [0.3, 0.4) is 0 Å². The predicted molar refractivity (Wildman–Crippen MR) is 85.4 cm³/mol. The Bertz CT molecular complexity index is 537. The molecule has 112 valence electrons. The number of aryl methyl sites for hydroxylation is 1. The molecular weight excluding hydrogens is 262 g/mol. The van der Waals surface area contributed by atoms with Crippen molar-refractivity contribution in [1.29, 1.82) is 0 Å². The molecule has 0 aliphatic carbocycles. The number of aliphatic hydroxyl groups excluding tert-OH is 1. The van der Waals surface area contributed by atoms with E-state index in [1.807, 2.05) is 24.3 Å². The van der Waals surface area contributed by atoms with Crippen molar-refractivity contribution in [1.82, 2.24) is 5.32 Å². The van der Waals surface area contributed by atoms with Gasteiger partial charge in [-0.25, -0.2) is 0 Å². The summed E-state index contributed by atoms with van der Waals surface area (Å²) in [4.78, 5) is 0. The zero-order valence-electron chi connectivity index (χ0n) is 12.5. The molecule has 2 rings (SSSR count). The number of aliphatic hydroxyl groups is 1. The minimum Gasteiger partial charge on any atom is -0.489 e. The van der Waals surface area contributed by atoms with Crippen molar-refractivity contribution >= 4 is 0 Å². The van der Waals surface area contributed by atoms with E-state index in [2.05, 4.69) is 36.5 Å². The lowest BCUT2D eigenvalue weighted by Gasteiger charge is -2.09. The molecule has 0 unspecified atom stereocenters. The van der Waals surface area contributed by atoms with E-state index in [-0.39, 0.29) is 6.61 Å². The molecule has 2 N–H and O–H groups in total. The Morgan fingerprint density at radius 1 is 1.05 bits per heavy atom. The van der Waals surface area contributed by atoms with Crippen molar-refractivity contribution in [3.8, 4) is 5.75 Å². The molecule has 2 aromatic carbocycles. The second-order valence-corrected chi connectivity index (χ2v) is 5.11. The lowest BCUT2D eigenvalue weighted by molar-refractivity contribution is 0.286. The summed E-state index contributed by atoms with van der Waals surface area (Å²) in [7, 11) is 0. The standard InChI is InChI=1S/C18H23NO2/c1-15-5-2-3-6-17(15)14-21-18-9-7-16(8-10-18)13-19-11-4-12-20/h2-3,5-10,19-20H,4,11-14H2,1H3. The lowest BCUT2D eigenvalue weighted by atomic mass is 10.1. The zero-order valence-corrected chi connectivity index (χ0v) is 12.5. The summed E-state index contributed by atoms with van der Waals surface area (Å²) in [5, 5.41) is 12.0. The Morgan fingerprint density at radius 3 is 2.52 bits per heavy atom. The Kier molecular flexibility index (Phi) is 6.25. The third-order valence-corrected chi connectivity index (χ3v) is 3.42. The molecule has 0 aromatic heterocycles. The van der Waals surface area contributed by atoms with E-state index in [9.17, 15) is 0 Å². The molecule has 0 saturated carbocycles. The van der Waals surface area contributed by atoms with Crippen LogP contribution in [0.25, 0.3) is 0 Å². The van der Waals surface area contributed by atoms with Crippen molar-refractivity contribution < 1.29 is 9.84 Å². The highest BCUT2D eigenvalue weighted by molar-refractivity contribution is 5.29.